The van der Waals surface area contributed by atoms with E-state index in [1.807, 2.05) is 47.4 Å². The standard InChI is InChI=1S/C16H21Cl2N3O.C6H5Cl/c17-13-1-2-15(14(18)11-13)20-7-9-21(10-8-20)16(22)12-3-5-19-6-4-12;7-6-4-2-1-3-5-6/h1-2,11-12,19H,3-10H2;1-5H. The molecule has 0 atom stereocenters. The maximum absolute atomic E-state index is 12.5. The summed E-state index contributed by atoms with van der Waals surface area (Å²) in [5.74, 6) is 0.523. The highest BCUT2D eigenvalue weighted by Crippen LogP contribution is 2.29. The van der Waals surface area contributed by atoms with Gasteiger partial charge in [-0.3, -0.25) is 4.79 Å². The van der Waals surface area contributed by atoms with E-state index in [0.29, 0.717) is 16.0 Å². The molecule has 1 N–H and O–H groups in total. The fourth-order valence-electron chi connectivity index (χ4n) is 3.65. The van der Waals surface area contributed by atoms with Crippen molar-refractivity contribution in [1.29, 1.82) is 0 Å². The number of carbonyl (C=O) groups excluding carboxylic acids is 1. The molecule has 29 heavy (non-hydrogen) atoms. The van der Waals surface area contributed by atoms with Gasteiger partial charge in [-0.1, -0.05) is 53.0 Å². The van der Waals surface area contributed by atoms with Crippen molar-refractivity contribution < 1.29 is 4.79 Å². The summed E-state index contributed by atoms with van der Waals surface area (Å²) in [6.45, 7) is 5.08. The van der Waals surface area contributed by atoms with E-state index in [2.05, 4.69) is 10.2 Å². The first-order chi connectivity index (χ1) is 14.0. The number of anilines is 1. The highest BCUT2D eigenvalue weighted by Gasteiger charge is 2.28. The second-order valence-electron chi connectivity index (χ2n) is 7.23. The molecule has 0 aliphatic carbocycles. The van der Waals surface area contributed by atoms with Crippen LogP contribution in [0.15, 0.2) is 48.5 Å². The van der Waals surface area contributed by atoms with Crippen molar-refractivity contribution in [2.24, 2.45) is 5.92 Å². The first kappa shape index (κ1) is 22.2. The fraction of sp³-hybridized carbons (Fsp3) is 0.409. The van der Waals surface area contributed by atoms with Crippen molar-refractivity contribution >= 4 is 46.4 Å². The largest absolute Gasteiger partial charge is 0.367 e. The fourth-order valence-corrected chi connectivity index (χ4v) is 4.32. The lowest BCUT2D eigenvalue weighted by atomic mass is 9.96. The second-order valence-corrected chi connectivity index (χ2v) is 8.51. The van der Waals surface area contributed by atoms with Crippen molar-refractivity contribution in [2.45, 2.75) is 12.8 Å². The molecule has 2 heterocycles. The summed E-state index contributed by atoms with van der Waals surface area (Å²) >= 11 is 17.8. The molecule has 0 bridgehead atoms. The Morgan fingerprint density at radius 1 is 0.862 bits per heavy atom. The first-order valence-corrected chi connectivity index (χ1v) is 11.1. The number of nitrogens with zero attached hydrogens (tertiary/aromatic N) is 2. The molecule has 2 fully saturated rings. The van der Waals surface area contributed by atoms with Gasteiger partial charge in [-0.2, -0.15) is 0 Å². The van der Waals surface area contributed by atoms with E-state index < -0.39 is 0 Å². The third kappa shape index (κ3) is 6.51. The second kappa shape index (κ2) is 11.1. The predicted molar refractivity (Wildman–Crippen MR) is 122 cm³/mol. The number of benzene rings is 2. The van der Waals surface area contributed by atoms with E-state index in [1.165, 1.54) is 0 Å². The molecule has 0 unspecified atom stereocenters. The molecule has 7 heteroatoms. The van der Waals surface area contributed by atoms with Gasteiger partial charge in [-0.15, -0.1) is 0 Å². The molecule has 2 aliphatic heterocycles. The van der Waals surface area contributed by atoms with Crippen molar-refractivity contribution in [1.82, 2.24) is 10.2 Å². The van der Waals surface area contributed by atoms with Crippen LogP contribution in [-0.4, -0.2) is 50.1 Å². The predicted octanol–water partition coefficient (Wildman–Crippen LogP) is 4.98. The average molecular weight is 455 g/mol. The Bertz CT molecular complexity index is 789. The molecular weight excluding hydrogens is 429 g/mol. The average Bonchev–Trinajstić information content (AvgIpc) is 2.75. The number of piperazine rings is 1. The van der Waals surface area contributed by atoms with Crippen LogP contribution in [-0.2, 0) is 4.79 Å². The summed E-state index contributed by atoms with van der Waals surface area (Å²) in [7, 11) is 0. The number of piperidine rings is 1. The molecule has 0 aromatic heterocycles. The SMILES string of the molecule is Clc1ccccc1.O=C(C1CCNCC1)N1CCN(c2ccc(Cl)cc2Cl)CC1. The van der Waals surface area contributed by atoms with Crippen LogP contribution in [0, 0.1) is 5.92 Å². The minimum atomic E-state index is 0.201. The van der Waals surface area contributed by atoms with Crippen LogP contribution in [0.2, 0.25) is 15.1 Å². The third-order valence-electron chi connectivity index (χ3n) is 5.26. The summed E-state index contributed by atoms with van der Waals surface area (Å²) in [6, 6.07) is 15.0. The van der Waals surface area contributed by atoms with Gasteiger partial charge < -0.3 is 15.1 Å². The van der Waals surface area contributed by atoms with Crippen molar-refractivity contribution in [2.75, 3.05) is 44.2 Å². The Morgan fingerprint density at radius 2 is 1.52 bits per heavy atom. The maximum atomic E-state index is 12.5. The van der Waals surface area contributed by atoms with Crippen LogP contribution in [0.1, 0.15) is 12.8 Å². The van der Waals surface area contributed by atoms with Crippen LogP contribution in [0.25, 0.3) is 0 Å². The summed E-state index contributed by atoms with van der Waals surface area (Å²) in [4.78, 5) is 16.8. The molecule has 0 radical (unpaired) electrons. The van der Waals surface area contributed by atoms with Crippen molar-refractivity contribution in [3.63, 3.8) is 0 Å². The minimum Gasteiger partial charge on any atom is -0.367 e. The Kier molecular flexibility index (Phi) is 8.49. The van der Waals surface area contributed by atoms with E-state index in [0.717, 1.165) is 62.8 Å². The van der Waals surface area contributed by atoms with E-state index in [9.17, 15) is 4.79 Å². The molecule has 2 saturated heterocycles. The summed E-state index contributed by atoms with van der Waals surface area (Å²) in [5, 5.41) is 5.42. The van der Waals surface area contributed by atoms with Gasteiger partial charge >= 0.3 is 0 Å². The van der Waals surface area contributed by atoms with Crippen molar-refractivity contribution in [3.05, 3.63) is 63.6 Å². The van der Waals surface area contributed by atoms with E-state index in [4.69, 9.17) is 34.8 Å². The zero-order valence-corrected chi connectivity index (χ0v) is 18.6. The summed E-state index contributed by atoms with van der Waals surface area (Å²) < 4.78 is 0. The molecule has 156 valence electrons. The van der Waals surface area contributed by atoms with Crippen LogP contribution in [0.3, 0.4) is 0 Å². The smallest absolute Gasteiger partial charge is 0.225 e. The van der Waals surface area contributed by atoms with E-state index >= 15 is 0 Å². The van der Waals surface area contributed by atoms with Gasteiger partial charge in [0.05, 0.1) is 10.7 Å². The number of amides is 1. The van der Waals surface area contributed by atoms with Gasteiger partial charge in [-0.25, -0.2) is 0 Å². The monoisotopic (exact) mass is 453 g/mol. The van der Waals surface area contributed by atoms with Crippen LogP contribution in [0.5, 0.6) is 0 Å². The Hall–Kier alpha value is -1.46. The number of nitrogens with one attached hydrogen (secondary N) is 1. The number of carbonyl (C=O) groups is 1. The molecular formula is C22H26Cl3N3O. The molecule has 0 saturated carbocycles. The Labute approximate surface area is 187 Å². The third-order valence-corrected chi connectivity index (χ3v) is 6.05. The van der Waals surface area contributed by atoms with Gasteiger partial charge in [0.25, 0.3) is 0 Å². The normalized spacial score (nSPS) is 17.5. The molecule has 2 aliphatic rings. The maximum Gasteiger partial charge on any atom is 0.225 e. The molecule has 2 aromatic rings. The van der Waals surface area contributed by atoms with Crippen molar-refractivity contribution in [3.8, 4) is 0 Å². The molecule has 4 nitrogen and oxygen atoms in total. The quantitative estimate of drug-likeness (QED) is 0.695. The summed E-state index contributed by atoms with van der Waals surface area (Å²) in [6.07, 6.45) is 1.92. The van der Waals surface area contributed by atoms with Crippen LogP contribution < -0.4 is 10.2 Å². The lowest BCUT2D eigenvalue weighted by Crippen LogP contribution is -2.51. The van der Waals surface area contributed by atoms with Crippen LogP contribution >= 0.6 is 34.8 Å². The minimum absolute atomic E-state index is 0.201. The zero-order valence-electron chi connectivity index (χ0n) is 16.3. The number of rotatable bonds is 2. The number of hydrogen-bond acceptors (Lipinski definition) is 3. The van der Waals surface area contributed by atoms with Crippen LogP contribution in [0.4, 0.5) is 5.69 Å². The Balaban J connectivity index is 0.000000290. The van der Waals surface area contributed by atoms with Gasteiger partial charge in [0.1, 0.15) is 0 Å². The lowest BCUT2D eigenvalue weighted by Gasteiger charge is -2.38. The first-order valence-electron chi connectivity index (χ1n) is 9.94. The highest BCUT2D eigenvalue weighted by molar-refractivity contribution is 6.36. The topological polar surface area (TPSA) is 35.6 Å². The lowest BCUT2D eigenvalue weighted by molar-refractivity contribution is -0.136. The Morgan fingerprint density at radius 3 is 2.07 bits per heavy atom. The van der Waals surface area contributed by atoms with E-state index in [-0.39, 0.29) is 5.92 Å². The highest BCUT2D eigenvalue weighted by atomic mass is 35.5. The molecule has 0 spiro atoms. The van der Waals surface area contributed by atoms with Gasteiger partial charge in [0, 0.05) is 42.1 Å². The summed E-state index contributed by atoms with van der Waals surface area (Å²) in [5.41, 5.74) is 1.00. The molecule has 2 aromatic carbocycles. The van der Waals surface area contributed by atoms with E-state index in [1.54, 1.807) is 6.07 Å². The van der Waals surface area contributed by atoms with Gasteiger partial charge in [0.15, 0.2) is 0 Å². The van der Waals surface area contributed by atoms with Gasteiger partial charge in [-0.05, 0) is 56.3 Å². The number of halogens is 3. The molecule has 4 rings (SSSR count). The molecule has 1 amide bonds. The van der Waals surface area contributed by atoms with Gasteiger partial charge in [0.2, 0.25) is 5.91 Å². The zero-order chi connectivity index (χ0) is 20.6. The number of hydrogen-bond donors (Lipinski definition) is 1.